The van der Waals surface area contributed by atoms with Gasteiger partial charge in [0.1, 0.15) is 0 Å². The molecule has 0 bridgehead atoms. The molecule has 0 aliphatic rings. The summed E-state index contributed by atoms with van der Waals surface area (Å²) in [5, 5.41) is 12.0. The van der Waals surface area contributed by atoms with E-state index in [1.54, 1.807) is 36.4 Å². The molecule has 2 N–H and O–H groups in total. The van der Waals surface area contributed by atoms with E-state index in [1.165, 1.54) is 13.2 Å². The lowest BCUT2D eigenvalue weighted by molar-refractivity contribution is -0.116. The van der Waals surface area contributed by atoms with Crippen molar-refractivity contribution in [2.75, 3.05) is 19.0 Å². The van der Waals surface area contributed by atoms with Gasteiger partial charge in [0.05, 0.1) is 19.3 Å². The lowest BCUT2D eigenvalue weighted by Gasteiger charge is -2.12. The van der Waals surface area contributed by atoms with Crippen LogP contribution in [0.4, 0.5) is 5.69 Å². The van der Waals surface area contributed by atoms with Gasteiger partial charge in [0.15, 0.2) is 11.5 Å². The van der Waals surface area contributed by atoms with Gasteiger partial charge in [-0.1, -0.05) is 18.2 Å². The first kappa shape index (κ1) is 18.3. The van der Waals surface area contributed by atoms with E-state index in [1.807, 2.05) is 6.92 Å². The number of methoxy groups -OCH3 is 1. The maximum atomic E-state index is 12.1. The molecule has 2 aromatic rings. The van der Waals surface area contributed by atoms with Gasteiger partial charge in [-0.15, -0.1) is 0 Å². The number of nitrogens with one attached hydrogen (secondary N) is 1. The van der Waals surface area contributed by atoms with Crippen molar-refractivity contribution in [1.29, 1.82) is 0 Å². The molecule has 0 aromatic heterocycles. The summed E-state index contributed by atoms with van der Waals surface area (Å²) in [6.45, 7) is 2.40. The van der Waals surface area contributed by atoms with E-state index in [4.69, 9.17) is 14.6 Å². The van der Waals surface area contributed by atoms with E-state index in [2.05, 4.69) is 5.32 Å². The molecule has 0 aliphatic carbocycles. The van der Waals surface area contributed by atoms with Gasteiger partial charge < -0.3 is 19.9 Å². The first-order valence-corrected chi connectivity index (χ1v) is 7.97. The minimum absolute atomic E-state index is 0.180. The molecule has 0 unspecified atom stereocenters. The summed E-state index contributed by atoms with van der Waals surface area (Å²) in [7, 11) is 1.53. The van der Waals surface area contributed by atoms with Crippen LogP contribution in [-0.4, -0.2) is 30.7 Å². The summed E-state index contributed by atoms with van der Waals surface area (Å²) in [5.74, 6) is -0.0482. The number of carboxylic acid groups (broad SMARTS) is 1. The number of aryl methyl sites for hydroxylation is 1. The van der Waals surface area contributed by atoms with Crippen molar-refractivity contribution < 1.29 is 24.2 Å². The Hall–Kier alpha value is -3.02. The van der Waals surface area contributed by atoms with Crippen LogP contribution in [0.2, 0.25) is 0 Å². The molecule has 6 nitrogen and oxygen atoms in total. The third-order valence-corrected chi connectivity index (χ3v) is 3.62. The third kappa shape index (κ3) is 4.97. The van der Waals surface area contributed by atoms with Crippen LogP contribution in [0.1, 0.15) is 29.3 Å². The van der Waals surface area contributed by atoms with Gasteiger partial charge in [-0.3, -0.25) is 4.79 Å². The smallest absolute Gasteiger partial charge is 0.335 e. The number of aromatic carboxylic acids is 1. The fourth-order valence-corrected chi connectivity index (χ4v) is 2.44. The van der Waals surface area contributed by atoms with Crippen LogP contribution in [0.3, 0.4) is 0 Å². The summed E-state index contributed by atoms with van der Waals surface area (Å²) in [6, 6.07) is 11.8. The first-order chi connectivity index (χ1) is 12.0. The summed E-state index contributed by atoms with van der Waals surface area (Å²) >= 11 is 0. The minimum atomic E-state index is -0.993. The molecule has 0 spiro atoms. The molecule has 2 aromatic carbocycles. The Morgan fingerprint density at radius 2 is 1.88 bits per heavy atom. The van der Waals surface area contributed by atoms with Gasteiger partial charge in [0.25, 0.3) is 0 Å². The van der Waals surface area contributed by atoms with Crippen molar-refractivity contribution in [3.8, 4) is 11.5 Å². The summed E-state index contributed by atoms with van der Waals surface area (Å²) in [4.78, 5) is 23.3. The zero-order valence-electron chi connectivity index (χ0n) is 14.2. The monoisotopic (exact) mass is 343 g/mol. The van der Waals surface area contributed by atoms with Crippen LogP contribution in [0.5, 0.6) is 11.5 Å². The summed E-state index contributed by atoms with van der Waals surface area (Å²) in [5.41, 5.74) is 1.45. The number of carbonyl (C=O) groups is 2. The molecule has 0 saturated heterocycles. The van der Waals surface area contributed by atoms with E-state index in [0.29, 0.717) is 35.8 Å². The highest BCUT2D eigenvalue weighted by Gasteiger charge is 2.12. The third-order valence-electron chi connectivity index (χ3n) is 3.62. The predicted molar refractivity (Wildman–Crippen MR) is 94.5 cm³/mol. The largest absolute Gasteiger partial charge is 0.493 e. The summed E-state index contributed by atoms with van der Waals surface area (Å²) < 4.78 is 10.7. The molecule has 0 radical (unpaired) electrons. The zero-order chi connectivity index (χ0) is 18.2. The highest BCUT2D eigenvalue weighted by atomic mass is 16.5. The minimum Gasteiger partial charge on any atom is -0.493 e. The Bertz CT molecular complexity index is 757. The fraction of sp³-hybridized carbons (Fsp3) is 0.263. The van der Waals surface area contributed by atoms with E-state index < -0.39 is 5.97 Å². The Balaban J connectivity index is 2.00. The van der Waals surface area contributed by atoms with Gasteiger partial charge in [-0.05, 0) is 37.1 Å². The zero-order valence-corrected chi connectivity index (χ0v) is 14.2. The molecule has 1 amide bonds. The molecule has 2 rings (SSSR count). The van der Waals surface area contributed by atoms with Crippen molar-refractivity contribution in [2.45, 2.75) is 19.8 Å². The average Bonchev–Trinajstić information content (AvgIpc) is 2.61. The number of rotatable bonds is 8. The number of amides is 1. The van der Waals surface area contributed by atoms with Gasteiger partial charge in [0.2, 0.25) is 5.91 Å². The van der Waals surface area contributed by atoms with Gasteiger partial charge in [-0.2, -0.15) is 0 Å². The van der Waals surface area contributed by atoms with E-state index in [9.17, 15) is 9.59 Å². The Kier molecular flexibility index (Phi) is 6.39. The molecule has 132 valence electrons. The number of hydrogen-bond donors (Lipinski definition) is 2. The molecular formula is C19H21NO5. The van der Waals surface area contributed by atoms with Gasteiger partial charge >= 0.3 is 5.97 Å². The van der Waals surface area contributed by atoms with Crippen LogP contribution < -0.4 is 14.8 Å². The van der Waals surface area contributed by atoms with E-state index in [-0.39, 0.29) is 17.9 Å². The standard InChI is InChI=1S/C19H21NO5/c1-3-25-16-10-9-14(12-17(16)24-2)20-18(21)11-8-13-6-4-5-7-15(13)19(22)23/h4-7,9-10,12H,3,8,11H2,1-2H3,(H,20,21)(H,22,23). The number of hydrogen-bond acceptors (Lipinski definition) is 4. The maximum Gasteiger partial charge on any atom is 0.335 e. The van der Waals surface area contributed by atoms with Crippen molar-refractivity contribution in [2.24, 2.45) is 0 Å². The van der Waals surface area contributed by atoms with E-state index in [0.717, 1.165) is 0 Å². The Morgan fingerprint density at radius 1 is 1.12 bits per heavy atom. The van der Waals surface area contributed by atoms with Gasteiger partial charge in [0, 0.05) is 18.2 Å². The van der Waals surface area contributed by atoms with Crippen LogP contribution in [0, 0.1) is 0 Å². The average molecular weight is 343 g/mol. The van der Waals surface area contributed by atoms with Crippen molar-refractivity contribution >= 4 is 17.6 Å². The number of anilines is 1. The van der Waals surface area contributed by atoms with Crippen molar-refractivity contribution in [1.82, 2.24) is 0 Å². The molecule has 0 heterocycles. The predicted octanol–water partition coefficient (Wildman–Crippen LogP) is 3.36. The second-order valence-electron chi connectivity index (χ2n) is 5.31. The molecule has 6 heteroatoms. The molecule has 25 heavy (non-hydrogen) atoms. The number of carboxylic acids is 1. The number of ether oxygens (including phenoxy) is 2. The second-order valence-corrected chi connectivity index (χ2v) is 5.31. The van der Waals surface area contributed by atoms with Crippen molar-refractivity contribution in [3.05, 3.63) is 53.6 Å². The van der Waals surface area contributed by atoms with Crippen LogP contribution in [0.25, 0.3) is 0 Å². The summed E-state index contributed by atoms with van der Waals surface area (Å²) in [6.07, 6.45) is 0.530. The molecule has 0 aliphatic heterocycles. The van der Waals surface area contributed by atoms with Crippen LogP contribution in [-0.2, 0) is 11.2 Å². The Labute approximate surface area is 146 Å². The highest BCUT2D eigenvalue weighted by molar-refractivity contribution is 5.92. The highest BCUT2D eigenvalue weighted by Crippen LogP contribution is 2.30. The maximum absolute atomic E-state index is 12.1. The molecular weight excluding hydrogens is 322 g/mol. The van der Waals surface area contributed by atoms with Crippen molar-refractivity contribution in [3.63, 3.8) is 0 Å². The Morgan fingerprint density at radius 3 is 2.56 bits per heavy atom. The normalized spacial score (nSPS) is 10.2. The topological polar surface area (TPSA) is 84.9 Å². The quantitative estimate of drug-likeness (QED) is 0.768. The van der Waals surface area contributed by atoms with Crippen LogP contribution >= 0.6 is 0 Å². The lowest BCUT2D eigenvalue weighted by Crippen LogP contribution is -2.13. The fourth-order valence-electron chi connectivity index (χ4n) is 2.44. The lowest BCUT2D eigenvalue weighted by atomic mass is 10.0. The number of carbonyl (C=O) groups excluding carboxylic acids is 1. The first-order valence-electron chi connectivity index (χ1n) is 7.97. The molecule has 0 saturated carbocycles. The number of benzene rings is 2. The molecule has 0 fully saturated rings. The second kappa shape index (κ2) is 8.73. The SMILES string of the molecule is CCOc1ccc(NC(=O)CCc2ccccc2C(=O)O)cc1OC. The van der Waals surface area contributed by atoms with E-state index >= 15 is 0 Å². The molecule has 0 atom stereocenters. The van der Waals surface area contributed by atoms with Gasteiger partial charge in [-0.25, -0.2) is 4.79 Å². The van der Waals surface area contributed by atoms with Crippen LogP contribution in [0.15, 0.2) is 42.5 Å².